The molecule has 8 heteroatoms. The fraction of sp³-hybridized carbons (Fsp3) is 0.160. The van der Waals surface area contributed by atoms with Crippen molar-refractivity contribution >= 4 is 38.2 Å². The van der Waals surface area contributed by atoms with Gasteiger partial charge in [0.2, 0.25) is 0 Å². The number of carboxylic acids is 1. The Balaban J connectivity index is 1.56. The van der Waals surface area contributed by atoms with E-state index in [1.807, 2.05) is 55.5 Å². The number of nitrogens with one attached hydrogen (secondary N) is 2. The topological polar surface area (TPSA) is 99.3 Å². The van der Waals surface area contributed by atoms with Crippen molar-refractivity contribution in [3.63, 3.8) is 0 Å². The highest BCUT2D eigenvalue weighted by atomic mass is 32.2. The number of aryl methyl sites for hydroxylation is 1. The summed E-state index contributed by atoms with van der Waals surface area (Å²) in [6.45, 7) is 3.69. The lowest BCUT2D eigenvalue weighted by molar-refractivity contribution is -0.139. The number of H-pyrrole nitrogens is 1. The molecule has 4 aromatic rings. The molecule has 0 aliphatic carbocycles. The van der Waals surface area contributed by atoms with Crippen LogP contribution in [0.2, 0.25) is 0 Å². The van der Waals surface area contributed by atoms with Crippen LogP contribution in [0.1, 0.15) is 34.4 Å². The standard InChI is InChI=1S/C25H22N2O4S2/c1-16-7-9-18(10-8-16)11-12-19-13-14-23(32-19)33(30,31)27-24(25(28)29)17(2)21-15-26-22-6-4-3-5-20(21)22/h3-10,13-15,17,24,26-27H,1-2H3,(H,28,29)/t17-,24-/m1/s1. The number of carbonyl (C=O) groups is 1. The molecule has 2 aromatic heterocycles. The van der Waals surface area contributed by atoms with Gasteiger partial charge >= 0.3 is 5.97 Å². The minimum Gasteiger partial charge on any atom is -0.480 e. The Morgan fingerprint density at radius 1 is 1.06 bits per heavy atom. The molecule has 168 valence electrons. The van der Waals surface area contributed by atoms with Gasteiger partial charge in [-0.2, -0.15) is 4.72 Å². The smallest absolute Gasteiger partial charge is 0.322 e. The van der Waals surface area contributed by atoms with E-state index < -0.39 is 28.0 Å². The van der Waals surface area contributed by atoms with Crippen LogP contribution < -0.4 is 4.72 Å². The van der Waals surface area contributed by atoms with Crippen molar-refractivity contribution in [1.29, 1.82) is 0 Å². The molecule has 0 unspecified atom stereocenters. The third-order valence-electron chi connectivity index (χ3n) is 5.39. The lowest BCUT2D eigenvalue weighted by Crippen LogP contribution is -2.43. The number of carboxylic acid groups (broad SMARTS) is 1. The third-order valence-corrected chi connectivity index (χ3v) is 8.32. The molecular weight excluding hydrogens is 456 g/mol. The second-order valence-electron chi connectivity index (χ2n) is 7.75. The molecule has 2 aromatic carbocycles. The lowest BCUT2D eigenvalue weighted by Gasteiger charge is -2.21. The predicted octanol–water partition coefficient (Wildman–Crippen LogP) is 4.47. The van der Waals surface area contributed by atoms with Gasteiger partial charge in [-0.15, -0.1) is 11.3 Å². The molecule has 0 saturated heterocycles. The Morgan fingerprint density at radius 3 is 2.52 bits per heavy atom. The number of aromatic nitrogens is 1. The maximum atomic E-state index is 13.0. The summed E-state index contributed by atoms with van der Waals surface area (Å²) in [5.74, 6) is 4.14. The number of fused-ring (bicyclic) bond motifs is 1. The summed E-state index contributed by atoms with van der Waals surface area (Å²) in [5.41, 5.74) is 3.55. The predicted molar refractivity (Wildman–Crippen MR) is 130 cm³/mol. The molecule has 0 bridgehead atoms. The van der Waals surface area contributed by atoms with Gasteiger partial charge in [-0.05, 0) is 42.8 Å². The molecule has 2 atom stereocenters. The van der Waals surface area contributed by atoms with Gasteiger partial charge in [-0.3, -0.25) is 4.79 Å². The number of sulfonamides is 1. The van der Waals surface area contributed by atoms with Crippen LogP contribution in [0.5, 0.6) is 0 Å². The Kier molecular flexibility index (Phi) is 6.38. The molecule has 6 nitrogen and oxygen atoms in total. The number of aliphatic carboxylic acids is 1. The molecule has 0 spiro atoms. The van der Waals surface area contributed by atoms with Crippen molar-refractivity contribution in [2.24, 2.45) is 0 Å². The number of hydrogen-bond acceptors (Lipinski definition) is 4. The third kappa shape index (κ3) is 5.01. The van der Waals surface area contributed by atoms with Crippen molar-refractivity contribution in [3.05, 3.63) is 88.4 Å². The summed E-state index contributed by atoms with van der Waals surface area (Å²) in [4.78, 5) is 15.7. The van der Waals surface area contributed by atoms with Crippen LogP contribution in [0.15, 0.2) is 71.1 Å². The summed E-state index contributed by atoms with van der Waals surface area (Å²) in [7, 11) is -4.05. The molecule has 0 fully saturated rings. The van der Waals surface area contributed by atoms with Crippen molar-refractivity contribution < 1.29 is 18.3 Å². The first-order chi connectivity index (χ1) is 15.7. The number of aromatic amines is 1. The molecule has 4 rings (SSSR count). The Morgan fingerprint density at radius 2 is 1.79 bits per heavy atom. The van der Waals surface area contributed by atoms with Gasteiger partial charge in [-0.1, -0.05) is 54.7 Å². The van der Waals surface area contributed by atoms with Crippen LogP contribution >= 0.6 is 11.3 Å². The van der Waals surface area contributed by atoms with Gasteiger partial charge in [0, 0.05) is 28.6 Å². The molecular formula is C25H22N2O4S2. The summed E-state index contributed by atoms with van der Waals surface area (Å²) in [6.07, 6.45) is 1.73. The molecule has 0 amide bonds. The second kappa shape index (κ2) is 9.24. The number of para-hydroxylation sites is 1. The minimum absolute atomic E-state index is 0.0214. The van der Waals surface area contributed by atoms with Gasteiger partial charge in [0.05, 0.1) is 4.88 Å². The van der Waals surface area contributed by atoms with Gasteiger partial charge < -0.3 is 10.1 Å². The first kappa shape index (κ1) is 22.8. The van der Waals surface area contributed by atoms with Crippen molar-refractivity contribution in [3.8, 4) is 11.8 Å². The first-order valence-electron chi connectivity index (χ1n) is 10.2. The highest BCUT2D eigenvalue weighted by Crippen LogP contribution is 2.29. The van der Waals surface area contributed by atoms with Crippen LogP contribution in [0.4, 0.5) is 0 Å². The van der Waals surface area contributed by atoms with E-state index in [-0.39, 0.29) is 4.21 Å². The Labute approximate surface area is 196 Å². The number of thiophene rings is 1. The average Bonchev–Trinajstić information content (AvgIpc) is 3.44. The fourth-order valence-electron chi connectivity index (χ4n) is 3.54. The van der Waals surface area contributed by atoms with Crippen molar-refractivity contribution in [2.45, 2.75) is 30.0 Å². The van der Waals surface area contributed by atoms with Gasteiger partial charge in [0.15, 0.2) is 0 Å². The fourth-order valence-corrected chi connectivity index (χ4v) is 5.99. The zero-order valence-electron chi connectivity index (χ0n) is 18.0. The van der Waals surface area contributed by atoms with E-state index in [0.29, 0.717) is 4.88 Å². The van der Waals surface area contributed by atoms with Crippen LogP contribution in [0, 0.1) is 18.8 Å². The maximum Gasteiger partial charge on any atom is 0.322 e. The van der Waals surface area contributed by atoms with Gasteiger partial charge in [-0.25, -0.2) is 8.42 Å². The zero-order chi connectivity index (χ0) is 23.6. The normalized spacial score (nSPS) is 13.3. The monoisotopic (exact) mass is 478 g/mol. The Bertz CT molecular complexity index is 1470. The summed E-state index contributed by atoms with van der Waals surface area (Å²) >= 11 is 1.00. The molecule has 0 radical (unpaired) electrons. The van der Waals surface area contributed by atoms with E-state index in [9.17, 15) is 18.3 Å². The number of hydrogen-bond donors (Lipinski definition) is 3. The molecule has 0 saturated carbocycles. The molecule has 0 aliphatic heterocycles. The Hall–Kier alpha value is -3.38. The highest BCUT2D eigenvalue weighted by Gasteiger charge is 2.33. The molecule has 2 heterocycles. The average molecular weight is 479 g/mol. The van der Waals surface area contributed by atoms with E-state index in [1.54, 1.807) is 19.2 Å². The zero-order valence-corrected chi connectivity index (χ0v) is 19.6. The first-order valence-corrected chi connectivity index (χ1v) is 12.5. The van der Waals surface area contributed by atoms with E-state index in [4.69, 9.17) is 0 Å². The molecule has 33 heavy (non-hydrogen) atoms. The maximum absolute atomic E-state index is 13.0. The second-order valence-corrected chi connectivity index (χ2v) is 10.8. The van der Waals surface area contributed by atoms with Crippen LogP contribution in [-0.2, 0) is 14.8 Å². The van der Waals surface area contributed by atoms with Crippen LogP contribution in [0.3, 0.4) is 0 Å². The van der Waals surface area contributed by atoms with E-state index >= 15 is 0 Å². The number of benzene rings is 2. The lowest BCUT2D eigenvalue weighted by atomic mass is 9.93. The summed E-state index contributed by atoms with van der Waals surface area (Å²) in [6, 6.07) is 17.0. The molecule has 0 aliphatic rings. The summed E-state index contributed by atoms with van der Waals surface area (Å²) in [5, 5.41) is 10.7. The van der Waals surface area contributed by atoms with E-state index in [2.05, 4.69) is 21.5 Å². The van der Waals surface area contributed by atoms with Crippen molar-refractivity contribution in [2.75, 3.05) is 0 Å². The quantitative estimate of drug-likeness (QED) is 0.356. The van der Waals surface area contributed by atoms with Gasteiger partial charge in [0.25, 0.3) is 10.0 Å². The minimum atomic E-state index is -4.05. The van der Waals surface area contributed by atoms with E-state index in [0.717, 1.165) is 38.9 Å². The highest BCUT2D eigenvalue weighted by molar-refractivity contribution is 7.91. The molecule has 3 N–H and O–H groups in total. The van der Waals surface area contributed by atoms with Crippen LogP contribution in [-0.4, -0.2) is 30.5 Å². The largest absolute Gasteiger partial charge is 0.480 e. The van der Waals surface area contributed by atoms with Crippen molar-refractivity contribution in [1.82, 2.24) is 9.71 Å². The number of rotatable bonds is 6. The van der Waals surface area contributed by atoms with Gasteiger partial charge in [0.1, 0.15) is 10.3 Å². The SMILES string of the molecule is Cc1ccc(C#Cc2ccc(S(=O)(=O)N[C@@H](C(=O)O)[C@H](C)c3c[nH]c4ccccc34)s2)cc1. The van der Waals surface area contributed by atoms with E-state index in [1.165, 1.54) is 6.07 Å². The summed E-state index contributed by atoms with van der Waals surface area (Å²) < 4.78 is 28.4. The van der Waals surface area contributed by atoms with Crippen LogP contribution in [0.25, 0.3) is 10.9 Å².